The second-order valence-electron chi connectivity index (χ2n) is 8.43. The topological polar surface area (TPSA) is 38.7 Å². The van der Waals surface area contributed by atoms with E-state index in [1.54, 1.807) is 0 Å². The van der Waals surface area contributed by atoms with E-state index in [9.17, 15) is 5.11 Å². The van der Waals surface area contributed by atoms with Crippen LogP contribution in [0, 0.1) is 6.92 Å². The van der Waals surface area contributed by atoms with Crippen LogP contribution in [0.25, 0.3) is 0 Å². The molecule has 1 atom stereocenters. The highest BCUT2D eigenvalue weighted by Crippen LogP contribution is 2.42. The van der Waals surface area contributed by atoms with Gasteiger partial charge < -0.3 is 14.6 Å². The molecule has 1 unspecified atom stereocenters. The number of benzene rings is 3. The summed E-state index contributed by atoms with van der Waals surface area (Å²) in [4.78, 5) is 0. The first kappa shape index (κ1) is 30.1. The van der Waals surface area contributed by atoms with Gasteiger partial charge in [-0.25, -0.2) is 0 Å². The third-order valence-corrected chi connectivity index (χ3v) is 9.99. The van der Waals surface area contributed by atoms with E-state index >= 15 is 0 Å². The highest BCUT2D eigenvalue weighted by atomic mass is 79.9. The van der Waals surface area contributed by atoms with Crippen LogP contribution >= 0.6 is 112 Å². The number of ether oxygens (including phenoxy) is 2. The van der Waals surface area contributed by atoms with E-state index < -0.39 is 6.10 Å². The van der Waals surface area contributed by atoms with Gasteiger partial charge in [-0.3, -0.25) is 0 Å². The van der Waals surface area contributed by atoms with Gasteiger partial charge in [-0.15, -0.1) is 0 Å². The van der Waals surface area contributed by atoms with Gasteiger partial charge in [-0.2, -0.15) is 0 Å². The van der Waals surface area contributed by atoms with E-state index in [4.69, 9.17) is 9.47 Å². The Hall–Kier alpha value is 0.580. The second-order valence-corrected chi connectivity index (χ2v) is 14.5. The van der Waals surface area contributed by atoms with Crippen LogP contribution in [0.4, 0.5) is 0 Å². The first-order valence-electron chi connectivity index (χ1n) is 10.3. The summed E-state index contributed by atoms with van der Waals surface area (Å²) in [6.07, 6.45) is -0.824. The molecule has 0 aromatic heterocycles. The van der Waals surface area contributed by atoms with Crippen molar-refractivity contribution >= 4 is 112 Å². The van der Waals surface area contributed by atoms with Gasteiger partial charge in [0, 0.05) is 18.8 Å². The molecule has 10 heteroatoms. The van der Waals surface area contributed by atoms with E-state index in [1.807, 2.05) is 12.1 Å². The maximum Gasteiger partial charge on any atom is 0.147 e. The van der Waals surface area contributed by atoms with Crippen molar-refractivity contribution in [1.29, 1.82) is 0 Å². The molecule has 0 saturated heterocycles. The molecule has 0 bridgehead atoms. The first-order chi connectivity index (χ1) is 16.3. The standard InChI is InChI=1S/C25H21Br7O3/c1-12-17(27)4-13(5-18(12)28)25(2,3)14-6-19(29)23(20(30)7-14)34-10-16(33)11-35-24-21(31)8-15(26)9-22(24)32/h4-9,16,33H,10-11H2,1-3H3. The second kappa shape index (κ2) is 12.6. The van der Waals surface area contributed by atoms with Crippen molar-refractivity contribution in [2.75, 3.05) is 13.2 Å². The van der Waals surface area contributed by atoms with Crippen LogP contribution in [0.3, 0.4) is 0 Å². The zero-order chi connectivity index (χ0) is 26.1. The molecule has 0 heterocycles. The summed E-state index contributed by atoms with van der Waals surface area (Å²) >= 11 is 25.0. The average Bonchev–Trinajstić information content (AvgIpc) is 2.75. The minimum atomic E-state index is -0.824. The number of aliphatic hydroxyl groups excluding tert-OH is 1. The number of aliphatic hydroxyl groups is 1. The number of rotatable bonds is 8. The zero-order valence-electron chi connectivity index (χ0n) is 18.9. The van der Waals surface area contributed by atoms with Gasteiger partial charge in [0.05, 0.1) is 17.9 Å². The fraction of sp³-hybridized carbons (Fsp3) is 0.280. The summed E-state index contributed by atoms with van der Waals surface area (Å²) in [6.45, 7) is 6.59. The molecule has 0 fully saturated rings. The SMILES string of the molecule is Cc1c(Br)cc(C(C)(C)c2cc(Br)c(OCC(O)COc3c(Br)cc(Br)cc3Br)c(Br)c2)cc1Br. The van der Waals surface area contributed by atoms with Crippen molar-refractivity contribution in [3.05, 3.63) is 84.4 Å². The van der Waals surface area contributed by atoms with Gasteiger partial charge >= 0.3 is 0 Å². The summed E-state index contributed by atoms with van der Waals surface area (Å²) in [5.41, 5.74) is 3.19. The summed E-state index contributed by atoms with van der Waals surface area (Å²) in [6, 6.07) is 12.2. The quantitative estimate of drug-likeness (QED) is 0.245. The molecule has 0 spiro atoms. The van der Waals surface area contributed by atoms with Crippen molar-refractivity contribution in [2.24, 2.45) is 0 Å². The Morgan fingerprint density at radius 3 is 1.40 bits per heavy atom. The highest BCUT2D eigenvalue weighted by molar-refractivity contribution is 9.12. The van der Waals surface area contributed by atoms with Crippen LogP contribution in [0.15, 0.2) is 67.7 Å². The molecule has 0 radical (unpaired) electrons. The van der Waals surface area contributed by atoms with Crippen molar-refractivity contribution in [3.63, 3.8) is 0 Å². The summed E-state index contributed by atoms with van der Waals surface area (Å²) in [5, 5.41) is 10.5. The average molecular weight is 929 g/mol. The van der Waals surface area contributed by atoms with Crippen molar-refractivity contribution in [3.8, 4) is 11.5 Å². The van der Waals surface area contributed by atoms with Crippen molar-refractivity contribution in [2.45, 2.75) is 32.3 Å². The monoisotopic (exact) mass is 922 g/mol. The molecule has 0 saturated carbocycles. The normalized spacial score (nSPS) is 12.5. The summed E-state index contributed by atoms with van der Waals surface area (Å²) in [5.74, 6) is 1.25. The molecule has 3 nitrogen and oxygen atoms in total. The van der Waals surface area contributed by atoms with Crippen LogP contribution in [0.5, 0.6) is 11.5 Å². The molecule has 35 heavy (non-hydrogen) atoms. The number of halogens is 7. The number of hydrogen-bond donors (Lipinski definition) is 1. The van der Waals surface area contributed by atoms with E-state index in [2.05, 4.69) is 157 Å². The Morgan fingerprint density at radius 1 is 0.657 bits per heavy atom. The van der Waals surface area contributed by atoms with Crippen LogP contribution in [-0.2, 0) is 5.41 Å². The molecule has 0 aliphatic carbocycles. The van der Waals surface area contributed by atoms with Gasteiger partial charge in [0.2, 0.25) is 0 Å². The van der Waals surface area contributed by atoms with Gasteiger partial charge in [0.15, 0.2) is 0 Å². The van der Waals surface area contributed by atoms with Gasteiger partial charge in [-0.05, 0) is 124 Å². The Labute approximate surface area is 264 Å². The third kappa shape index (κ3) is 7.37. The fourth-order valence-electron chi connectivity index (χ4n) is 3.31. The maximum atomic E-state index is 10.5. The van der Waals surface area contributed by atoms with E-state index in [0.717, 1.165) is 42.4 Å². The molecule has 0 amide bonds. The lowest BCUT2D eigenvalue weighted by molar-refractivity contribution is 0.0616. The van der Waals surface area contributed by atoms with E-state index in [1.165, 1.54) is 5.56 Å². The predicted molar refractivity (Wildman–Crippen MR) is 167 cm³/mol. The summed E-state index contributed by atoms with van der Waals surface area (Å²) in [7, 11) is 0. The van der Waals surface area contributed by atoms with Crippen molar-refractivity contribution < 1.29 is 14.6 Å². The lowest BCUT2D eigenvalue weighted by Crippen LogP contribution is -2.25. The molecule has 0 aliphatic rings. The first-order valence-corrected chi connectivity index (χ1v) is 15.9. The third-order valence-electron chi connectivity index (χ3n) is 5.53. The van der Waals surface area contributed by atoms with Gasteiger partial charge in [0.1, 0.15) is 30.8 Å². The largest absolute Gasteiger partial charge is 0.488 e. The van der Waals surface area contributed by atoms with Crippen molar-refractivity contribution in [1.82, 2.24) is 0 Å². The van der Waals surface area contributed by atoms with Gasteiger partial charge in [-0.1, -0.05) is 61.6 Å². The molecular weight excluding hydrogens is 908 g/mol. The van der Waals surface area contributed by atoms with Crippen LogP contribution in [0.1, 0.15) is 30.5 Å². The minimum Gasteiger partial charge on any atom is -0.488 e. The Kier molecular flexibility index (Phi) is 10.9. The van der Waals surface area contributed by atoms with Crippen LogP contribution < -0.4 is 9.47 Å². The smallest absolute Gasteiger partial charge is 0.147 e. The Bertz CT molecular complexity index is 1170. The molecular formula is C25H21Br7O3. The Morgan fingerprint density at radius 2 is 1.00 bits per heavy atom. The fourth-order valence-corrected chi connectivity index (χ4v) is 8.39. The predicted octanol–water partition coefficient (Wildman–Crippen LogP) is 10.5. The zero-order valence-corrected chi connectivity index (χ0v) is 30.0. The minimum absolute atomic E-state index is 0.0730. The molecule has 0 aliphatic heterocycles. The molecule has 3 aromatic rings. The molecule has 3 aromatic carbocycles. The maximum absolute atomic E-state index is 10.5. The molecule has 188 valence electrons. The summed E-state index contributed by atoms with van der Waals surface area (Å²) < 4.78 is 17.9. The lowest BCUT2D eigenvalue weighted by Gasteiger charge is -2.28. The lowest BCUT2D eigenvalue weighted by atomic mass is 9.78. The van der Waals surface area contributed by atoms with E-state index in [0.29, 0.717) is 11.5 Å². The van der Waals surface area contributed by atoms with Crippen LogP contribution in [-0.4, -0.2) is 24.4 Å². The highest BCUT2D eigenvalue weighted by Gasteiger charge is 2.27. The Balaban J connectivity index is 1.72. The van der Waals surface area contributed by atoms with Crippen LogP contribution in [0.2, 0.25) is 0 Å². The molecule has 1 N–H and O–H groups in total. The number of hydrogen-bond acceptors (Lipinski definition) is 3. The molecule has 3 rings (SSSR count). The van der Waals surface area contributed by atoms with E-state index in [-0.39, 0.29) is 18.6 Å². The van der Waals surface area contributed by atoms with Gasteiger partial charge in [0.25, 0.3) is 0 Å².